The van der Waals surface area contributed by atoms with E-state index in [1.807, 2.05) is 0 Å². The number of carbonyl (C=O) groups excluding carboxylic acids is 2. The minimum absolute atomic E-state index is 0.108. The first-order valence-electron chi connectivity index (χ1n) is 8.02. The molecule has 0 aliphatic carbocycles. The number of aliphatic hydroxyl groups excluding tert-OH is 1. The van der Waals surface area contributed by atoms with E-state index < -0.39 is 44.3 Å². The summed E-state index contributed by atoms with van der Waals surface area (Å²) >= 11 is 0. The Balaban J connectivity index is 2.13. The molecule has 2 aliphatic rings. The first-order chi connectivity index (χ1) is 12.6. The molecule has 27 heavy (non-hydrogen) atoms. The first kappa shape index (κ1) is 21.5. The van der Waals surface area contributed by atoms with Crippen LogP contribution in [0.3, 0.4) is 0 Å². The number of amides is 1. The lowest BCUT2D eigenvalue weighted by molar-refractivity contribution is -0.142. The van der Waals surface area contributed by atoms with Gasteiger partial charge in [0.15, 0.2) is 0 Å². The highest BCUT2D eigenvalue weighted by molar-refractivity contribution is 7.51. The lowest BCUT2D eigenvalue weighted by Crippen LogP contribution is -2.53. The van der Waals surface area contributed by atoms with Gasteiger partial charge in [0, 0.05) is 32.5 Å². The molecule has 0 aromatic heterocycles. The summed E-state index contributed by atoms with van der Waals surface area (Å²) in [6.07, 6.45) is 0.831. The number of nitrogens with one attached hydrogen (secondary N) is 1. The Hall–Kier alpha value is -1.75. The Morgan fingerprint density at radius 3 is 2.81 bits per heavy atom. The number of nitrogens with zero attached hydrogens (tertiary/aromatic N) is 1. The molecule has 5 atom stereocenters. The summed E-state index contributed by atoms with van der Waals surface area (Å²) in [5.74, 6) is -1.21. The number of methoxy groups -OCH3 is 2. The maximum atomic E-state index is 11.9. The van der Waals surface area contributed by atoms with Crippen molar-refractivity contribution in [2.24, 2.45) is 0 Å². The summed E-state index contributed by atoms with van der Waals surface area (Å²) in [7, 11) is -1.01. The molecule has 0 radical (unpaired) electrons. The van der Waals surface area contributed by atoms with Crippen LogP contribution >= 0.6 is 7.60 Å². The topological polar surface area (TPSA) is 144 Å². The van der Waals surface area contributed by atoms with E-state index in [1.54, 1.807) is 0 Å². The maximum Gasteiger partial charge on any atom is 0.330 e. The van der Waals surface area contributed by atoms with E-state index >= 15 is 0 Å². The number of hydrogen-bond acceptors (Lipinski definition) is 9. The molecule has 3 unspecified atom stereocenters. The zero-order chi connectivity index (χ0) is 20.2. The fourth-order valence-corrected chi connectivity index (χ4v) is 3.07. The molecule has 1 saturated heterocycles. The van der Waals surface area contributed by atoms with Crippen LogP contribution in [0.5, 0.6) is 0 Å². The Labute approximate surface area is 156 Å². The Morgan fingerprint density at radius 1 is 1.52 bits per heavy atom. The second kappa shape index (κ2) is 8.96. The molecule has 0 bridgehead atoms. The SMILES string of the molecule is COC(=O)/C=C/C1=CN([C@H]2CC(OC)[C@@H](COP(C)(=O)O)O2)C(O)NC1=O. The first-order valence-corrected chi connectivity index (χ1v) is 10.0. The molecule has 152 valence electrons. The van der Waals surface area contributed by atoms with E-state index in [-0.39, 0.29) is 12.2 Å². The van der Waals surface area contributed by atoms with Crippen molar-refractivity contribution in [2.75, 3.05) is 27.5 Å². The predicted octanol–water partition coefficient (Wildman–Crippen LogP) is -0.731. The van der Waals surface area contributed by atoms with Crippen molar-refractivity contribution in [2.45, 2.75) is 31.2 Å². The molecular formula is C15H23N2O9P. The van der Waals surface area contributed by atoms with Gasteiger partial charge >= 0.3 is 13.6 Å². The predicted molar refractivity (Wildman–Crippen MR) is 91.0 cm³/mol. The number of ether oxygens (including phenoxy) is 3. The average Bonchev–Trinajstić information content (AvgIpc) is 3.01. The normalized spacial score (nSPS) is 30.8. The van der Waals surface area contributed by atoms with Crippen molar-refractivity contribution in [1.82, 2.24) is 10.2 Å². The molecular weight excluding hydrogens is 383 g/mol. The third kappa shape index (κ3) is 5.86. The van der Waals surface area contributed by atoms with Crippen LogP contribution < -0.4 is 5.32 Å². The molecule has 2 aliphatic heterocycles. The maximum absolute atomic E-state index is 11.9. The summed E-state index contributed by atoms with van der Waals surface area (Å²) in [6.45, 7) is 0.891. The van der Waals surface area contributed by atoms with Gasteiger partial charge in [-0.2, -0.15) is 0 Å². The lowest BCUT2D eigenvalue weighted by atomic mass is 10.1. The number of aliphatic hydroxyl groups is 1. The van der Waals surface area contributed by atoms with Crippen molar-refractivity contribution in [3.63, 3.8) is 0 Å². The van der Waals surface area contributed by atoms with Crippen LogP contribution in [0.25, 0.3) is 0 Å². The summed E-state index contributed by atoms with van der Waals surface area (Å²) in [5.41, 5.74) is 0.108. The Morgan fingerprint density at radius 2 is 2.22 bits per heavy atom. The van der Waals surface area contributed by atoms with E-state index in [4.69, 9.17) is 14.0 Å². The number of hydrogen-bond donors (Lipinski definition) is 3. The molecule has 0 spiro atoms. The van der Waals surface area contributed by atoms with Gasteiger partial charge in [-0.05, 0) is 6.08 Å². The van der Waals surface area contributed by atoms with E-state index in [2.05, 4.69) is 10.1 Å². The minimum Gasteiger partial charge on any atom is -0.466 e. The summed E-state index contributed by atoms with van der Waals surface area (Å²) in [6, 6.07) is 0. The zero-order valence-electron chi connectivity index (χ0n) is 15.1. The highest BCUT2D eigenvalue weighted by Gasteiger charge is 2.41. The van der Waals surface area contributed by atoms with Gasteiger partial charge < -0.3 is 39.0 Å². The van der Waals surface area contributed by atoms with Crippen LogP contribution in [0.2, 0.25) is 0 Å². The quantitative estimate of drug-likeness (QED) is 0.281. The fourth-order valence-electron chi connectivity index (χ4n) is 2.64. The van der Waals surface area contributed by atoms with E-state index in [9.17, 15) is 24.2 Å². The molecule has 0 aromatic carbocycles. The van der Waals surface area contributed by atoms with Crippen LogP contribution in [-0.4, -0.2) is 79.1 Å². The summed E-state index contributed by atoms with van der Waals surface area (Å²) in [5, 5.41) is 12.5. The van der Waals surface area contributed by atoms with E-state index in [0.717, 1.165) is 12.7 Å². The minimum atomic E-state index is -3.68. The lowest BCUT2D eigenvalue weighted by Gasteiger charge is -2.35. The van der Waals surface area contributed by atoms with Gasteiger partial charge in [0.1, 0.15) is 12.3 Å². The van der Waals surface area contributed by atoms with Crippen molar-refractivity contribution in [3.05, 3.63) is 23.9 Å². The standard InChI is InChI=1S/C15H23N2O9P/c1-23-10-6-12(26-11(10)8-25-27(3,21)22)17-7-9(4-5-13(18)24-2)14(19)16-15(17)20/h4-5,7,10-12,15,20H,6,8H2,1-3H3,(H,16,19)(H,21,22)/b5-4+/t10?,11-,12-,15?/m1/s1. The largest absolute Gasteiger partial charge is 0.466 e. The smallest absolute Gasteiger partial charge is 0.330 e. The van der Waals surface area contributed by atoms with Gasteiger partial charge in [0.2, 0.25) is 6.35 Å². The molecule has 0 aromatic rings. The van der Waals surface area contributed by atoms with Gasteiger partial charge in [-0.1, -0.05) is 0 Å². The molecule has 12 heteroatoms. The van der Waals surface area contributed by atoms with Gasteiger partial charge in [0.25, 0.3) is 5.91 Å². The van der Waals surface area contributed by atoms with Crippen molar-refractivity contribution in [3.8, 4) is 0 Å². The zero-order valence-corrected chi connectivity index (χ0v) is 16.0. The van der Waals surface area contributed by atoms with Crippen molar-refractivity contribution in [1.29, 1.82) is 0 Å². The molecule has 1 fully saturated rings. The van der Waals surface area contributed by atoms with Crippen LogP contribution in [0, 0.1) is 0 Å². The molecule has 2 rings (SSSR count). The van der Waals surface area contributed by atoms with Gasteiger partial charge in [0.05, 0.1) is 25.4 Å². The molecule has 11 nitrogen and oxygen atoms in total. The third-order valence-corrected chi connectivity index (χ3v) is 4.62. The van der Waals surface area contributed by atoms with E-state index in [1.165, 1.54) is 31.4 Å². The molecule has 3 N–H and O–H groups in total. The number of carbonyl (C=O) groups is 2. The second-order valence-corrected chi connectivity index (χ2v) is 7.84. The van der Waals surface area contributed by atoms with Crippen molar-refractivity contribution < 1.29 is 42.9 Å². The monoisotopic (exact) mass is 406 g/mol. The van der Waals surface area contributed by atoms with Crippen molar-refractivity contribution >= 4 is 19.5 Å². The van der Waals surface area contributed by atoms with Gasteiger partial charge in [-0.15, -0.1) is 0 Å². The molecule has 1 amide bonds. The third-order valence-electron chi connectivity index (χ3n) is 3.99. The number of rotatable bonds is 7. The van der Waals surface area contributed by atoms with Gasteiger partial charge in [-0.3, -0.25) is 9.36 Å². The van der Waals surface area contributed by atoms with Gasteiger partial charge in [-0.25, -0.2) is 4.79 Å². The van der Waals surface area contributed by atoms with Crippen LogP contribution in [0.1, 0.15) is 6.42 Å². The second-order valence-electron chi connectivity index (χ2n) is 5.97. The fraction of sp³-hybridized carbons (Fsp3) is 0.600. The highest BCUT2D eigenvalue weighted by Crippen LogP contribution is 2.38. The highest BCUT2D eigenvalue weighted by atomic mass is 31.2. The Bertz CT molecular complexity index is 674. The van der Waals surface area contributed by atoms with Crippen LogP contribution in [-0.2, 0) is 32.9 Å². The number of esters is 1. The van der Waals surface area contributed by atoms with E-state index in [0.29, 0.717) is 6.42 Å². The molecule has 0 saturated carbocycles. The van der Waals surface area contributed by atoms with Crippen LogP contribution in [0.15, 0.2) is 23.9 Å². The average molecular weight is 406 g/mol. The molecule has 2 heterocycles. The van der Waals surface area contributed by atoms with Crippen LogP contribution in [0.4, 0.5) is 0 Å². The summed E-state index contributed by atoms with van der Waals surface area (Å²) < 4.78 is 31.8. The summed E-state index contributed by atoms with van der Waals surface area (Å²) in [4.78, 5) is 33.8. The Kier molecular flexibility index (Phi) is 7.15.